The largest absolute Gasteiger partial charge is 0.457 e. The van der Waals surface area contributed by atoms with Gasteiger partial charge in [0.2, 0.25) is 5.91 Å². The standard InChI is InChI=1S/C17H20N2O2/c1-13(10-17(18)20)19-12-14-6-5-9-16(11-14)21-15-7-3-2-4-8-15/h2-9,11,13,19H,10,12H2,1H3,(H2,18,20). The van der Waals surface area contributed by atoms with Crippen molar-refractivity contribution in [2.75, 3.05) is 0 Å². The van der Waals surface area contributed by atoms with Crippen molar-refractivity contribution in [3.63, 3.8) is 0 Å². The Hall–Kier alpha value is -2.33. The van der Waals surface area contributed by atoms with E-state index in [-0.39, 0.29) is 11.9 Å². The zero-order valence-corrected chi connectivity index (χ0v) is 12.1. The van der Waals surface area contributed by atoms with Gasteiger partial charge in [-0.15, -0.1) is 0 Å². The van der Waals surface area contributed by atoms with Crippen LogP contribution >= 0.6 is 0 Å². The molecule has 0 radical (unpaired) electrons. The highest BCUT2D eigenvalue weighted by molar-refractivity contribution is 5.74. The average molecular weight is 284 g/mol. The highest BCUT2D eigenvalue weighted by Gasteiger charge is 2.05. The van der Waals surface area contributed by atoms with E-state index in [2.05, 4.69) is 5.32 Å². The third-order valence-electron chi connectivity index (χ3n) is 3.04. The van der Waals surface area contributed by atoms with Gasteiger partial charge in [0.1, 0.15) is 11.5 Å². The summed E-state index contributed by atoms with van der Waals surface area (Å²) in [6.07, 6.45) is 0.334. The summed E-state index contributed by atoms with van der Waals surface area (Å²) in [5.41, 5.74) is 6.27. The van der Waals surface area contributed by atoms with Gasteiger partial charge in [0.25, 0.3) is 0 Å². The normalized spacial score (nSPS) is 11.9. The first kappa shape index (κ1) is 15.1. The number of rotatable bonds is 7. The van der Waals surface area contributed by atoms with Crippen molar-refractivity contribution in [1.82, 2.24) is 5.32 Å². The second kappa shape index (κ2) is 7.45. The number of nitrogens with two attached hydrogens (primary N) is 1. The van der Waals surface area contributed by atoms with Crippen LogP contribution in [0.5, 0.6) is 11.5 Å². The van der Waals surface area contributed by atoms with E-state index >= 15 is 0 Å². The molecule has 2 aromatic rings. The lowest BCUT2D eigenvalue weighted by Crippen LogP contribution is -2.30. The number of ether oxygens (including phenoxy) is 1. The van der Waals surface area contributed by atoms with Gasteiger partial charge in [-0.1, -0.05) is 30.3 Å². The summed E-state index contributed by atoms with van der Waals surface area (Å²) in [6.45, 7) is 2.61. The maximum Gasteiger partial charge on any atom is 0.218 e. The first-order valence-corrected chi connectivity index (χ1v) is 6.97. The van der Waals surface area contributed by atoms with Crippen LogP contribution in [0.25, 0.3) is 0 Å². The Bertz CT molecular complexity index is 584. The van der Waals surface area contributed by atoms with E-state index in [1.165, 1.54) is 0 Å². The predicted octanol–water partition coefficient (Wildman–Crippen LogP) is 2.83. The van der Waals surface area contributed by atoms with Gasteiger partial charge in [-0.05, 0) is 36.8 Å². The zero-order chi connectivity index (χ0) is 15.1. The van der Waals surface area contributed by atoms with Gasteiger partial charge in [0.15, 0.2) is 0 Å². The van der Waals surface area contributed by atoms with Crippen LogP contribution in [-0.4, -0.2) is 11.9 Å². The molecular formula is C17H20N2O2. The number of primary amides is 1. The van der Waals surface area contributed by atoms with E-state index in [9.17, 15) is 4.79 Å². The fourth-order valence-electron chi connectivity index (χ4n) is 2.01. The van der Waals surface area contributed by atoms with E-state index in [1.54, 1.807) is 0 Å². The highest BCUT2D eigenvalue weighted by atomic mass is 16.5. The number of amides is 1. The van der Waals surface area contributed by atoms with Gasteiger partial charge in [-0.3, -0.25) is 4.79 Å². The molecule has 0 aliphatic rings. The monoisotopic (exact) mass is 284 g/mol. The van der Waals surface area contributed by atoms with E-state index in [0.717, 1.165) is 17.1 Å². The van der Waals surface area contributed by atoms with Crippen molar-refractivity contribution in [1.29, 1.82) is 0 Å². The summed E-state index contributed by atoms with van der Waals surface area (Å²) in [4.78, 5) is 10.8. The quantitative estimate of drug-likeness (QED) is 0.821. The van der Waals surface area contributed by atoms with Crippen LogP contribution in [0.1, 0.15) is 18.9 Å². The Morgan fingerprint density at radius 2 is 1.86 bits per heavy atom. The van der Waals surface area contributed by atoms with Gasteiger partial charge < -0.3 is 15.8 Å². The smallest absolute Gasteiger partial charge is 0.218 e. The molecular weight excluding hydrogens is 264 g/mol. The molecule has 0 aliphatic heterocycles. The summed E-state index contributed by atoms with van der Waals surface area (Å²) in [5.74, 6) is 1.31. The summed E-state index contributed by atoms with van der Waals surface area (Å²) in [7, 11) is 0. The zero-order valence-electron chi connectivity index (χ0n) is 12.1. The second-order valence-electron chi connectivity index (χ2n) is 5.01. The van der Waals surface area contributed by atoms with Crippen molar-refractivity contribution in [2.24, 2.45) is 5.73 Å². The molecule has 2 aromatic carbocycles. The number of carbonyl (C=O) groups is 1. The van der Waals surface area contributed by atoms with Crippen LogP contribution in [0.15, 0.2) is 54.6 Å². The van der Waals surface area contributed by atoms with Gasteiger partial charge in [-0.25, -0.2) is 0 Å². The van der Waals surface area contributed by atoms with E-state index in [4.69, 9.17) is 10.5 Å². The first-order valence-electron chi connectivity index (χ1n) is 6.97. The minimum absolute atomic E-state index is 0.0567. The number of nitrogens with one attached hydrogen (secondary N) is 1. The van der Waals surface area contributed by atoms with Gasteiger partial charge >= 0.3 is 0 Å². The Morgan fingerprint density at radius 1 is 1.14 bits per heavy atom. The third kappa shape index (κ3) is 5.28. The summed E-state index contributed by atoms with van der Waals surface area (Å²) in [6, 6.07) is 17.6. The molecule has 1 unspecified atom stereocenters. The number of benzene rings is 2. The molecule has 0 aromatic heterocycles. The number of hydrogen-bond acceptors (Lipinski definition) is 3. The van der Waals surface area contributed by atoms with Crippen LogP contribution in [0.3, 0.4) is 0 Å². The second-order valence-corrected chi connectivity index (χ2v) is 5.01. The molecule has 110 valence electrons. The molecule has 0 saturated carbocycles. The fraction of sp³-hybridized carbons (Fsp3) is 0.235. The van der Waals surface area contributed by atoms with Gasteiger partial charge in [0, 0.05) is 19.0 Å². The molecule has 0 fully saturated rings. The van der Waals surface area contributed by atoms with Gasteiger partial charge in [0.05, 0.1) is 0 Å². The lowest BCUT2D eigenvalue weighted by atomic mass is 10.2. The molecule has 4 heteroatoms. The molecule has 21 heavy (non-hydrogen) atoms. The molecule has 0 saturated heterocycles. The van der Waals surface area contributed by atoms with Crippen molar-refractivity contribution in [3.05, 3.63) is 60.2 Å². The van der Waals surface area contributed by atoms with Crippen molar-refractivity contribution < 1.29 is 9.53 Å². The molecule has 0 heterocycles. The molecule has 3 N–H and O–H groups in total. The molecule has 0 bridgehead atoms. The molecule has 2 rings (SSSR count). The van der Waals surface area contributed by atoms with E-state index < -0.39 is 0 Å². The lowest BCUT2D eigenvalue weighted by molar-refractivity contribution is -0.118. The third-order valence-corrected chi connectivity index (χ3v) is 3.04. The van der Waals surface area contributed by atoms with Crippen molar-refractivity contribution in [3.8, 4) is 11.5 Å². The molecule has 0 aliphatic carbocycles. The van der Waals surface area contributed by atoms with E-state index in [1.807, 2.05) is 61.5 Å². The Balaban J connectivity index is 1.93. The molecule has 1 atom stereocenters. The van der Waals surface area contributed by atoms with Crippen LogP contribution in [0.2, 0.25) is 0 Å². The summed E-state index contributed by atoms with van der Waals surface area (Å²) >= 11 is 0. The SMILES string of the molecule is CC(CC(N)=O)NCc1cccc(Oc2ccccc2)c1. The average Bonchev–Trinajstić information content (AvgIpc) is 2.46. The highest BCUT2D eigenvalue weighted by Crippen LogP contribution is 2.21. The summed E-state index contributed by atoms with van der Waals surface area (Å²) < 4.78 is 5.79. The Morgan fingerprint density at radius 3 is 2.57 bits per heavy atom. The number of hydrogen-bond donors (Lipinski definition) is 2. The van der Waals surface area contributed by atoms with Crippen molar-refractivity contribution in [2.45, 2.75) is 25.9 Å². The molecule has 4 nitrogen and oxygen atoms in total. The minimum Gasteiger partial charge on any atom is -0.457 e. The Kier molecular flexibility index (Phi) is 5.35. The number of para-hydroxylation sites is 1. The predicted molar refractivity (Wildman–Crippen MR) is 83.1 cm³/mol. The topological polar surface area (TPSA) is 64.4 Å². The number of carbonyl (C=O) groups excluding carboxylic acids is 1. The van der Waals surface area contributed by atoms with Crippen molar-refractivity contribution >= 4 is 5.91 Å². The Labute approximate surface area is 124 Å². The molecule has 1 amide bonds. The molecule has 0 spiro atoms. The van der Waals surface area contributed by atoms with Gasteiger partial charge in [-0.2, -0.15) is 0 Å². The van der Waals surface area contributed by atoms with Crippen LogP contribution < -0.4 is 15.8 Å². The van der Waals surface area contributed by atoms with Crippen LogP contribution in [0.4, 0.5) is 0 Å². The van der Waals surface area contributed by atoms with Crippen LogP contribution in [0, 0.1) is 0 Å². The maximum absolute atomic E-state index is 10.8. The lowest BCUT2D eigenvalue weighted by Gasteiger charge is -2.12. The maximum atomic E-state index is 10.8. The van der Waals surface area contributed by atoms with E-state index in [0.29, 0.717) is 13.0 Å². The first-order chi connectivity index (χ1) is 10.1. The summed E-state index contributed by atoms with van der Waals surface area (Å²) in [5, 5.41) is 3.26. The fourth-order valence-corrected chi connectivity index (χ4v) is 2.01. The minimum atomic E-state index is -0.295. The van der Waals surface area contributed by atoms with Crippen LogP contribution in [-0.2, 0) is 11.3 Å².